The highest BCUT2D eigenvalue weighted by molar-refractivity contribution is 5.99. The van der Waals surface area contributed by atoms with Crippen molar-refractivity contribution in [3.8, 4) is 0 Å². The molecule has 1 heterocycles. The van der Waals surface area contributed by atoms with Crippen LogP contribution in [0.2, 0.25) is 0 Å². The number of nitrogens with one attached hydrogen (secondary N) is 2. The van der Waals surface area contributed by atoms with E-state index in [4.69, 9.17) is 4.74 Å². The lowest BCUT2D eigenvalue weighted by atomic mass is 9.78. The van der Waals surface area contributed by atoms with Gasteiger partial charge in [-0.15, -0.1) is 0 Å². The second-order valence-corrected chi connectivity index (χ2v) is 9.26. The van der Waals surface area contributed by atoms with E-state index in [-0.39, 0.29) is 5.60 Å². The smallest absolute Gasteiger partial charge is 0.337 e. The number of amides is 2. The van der Waals surface area contributed by atoms with Gasteiger partial charge < -0.3 is 14.4 Å². The molecule has 2 fully saturated rings. The number of ether oxygens (including phenoxy) is 2. The molecule has 0 radical (unpaired) electrons. The van der Waals surface area contributed by atoms with Crippen LogP contribution < -0.4 is 15.8 Å². The SMILES string of the molecule is COC(=O)c1ccc(C(=O)NNC(=O)c2ccc(N3CCC(OC)(C4CCCC4)CC3)cc2)cc1. The summed E-state index contributed by atoms with van der Waals surface area (Å²) in [6.45, 7) is 1.86. The number of nitrogens with zero attached hydrogens (tertiary/aromatic N) is 1. The molecule has 2 amide bonds. The zero-order valence-electron chi connectivity index (χ0n) is 20.3. The molecule has 2 aliphatic rings. The summed E-state index contributed by atoms with van der Waals surface area (Å²) in [7, 11) is 3.15. The minimum absolute atomic E-state index is 0.00463. The fourth-order valence-corrected chi connectivity index (χ4v) is 5.33. The first-order valence-corrected chi connectivity index (χ1v) is 12.1. The molecular weight excluding hydrogens is 446 g/mol. The van der Waals surface area contributed by atoms with Crippen LogP contribution in [0, 0.1) is 5.92 Å². The normalized spacial score (nSPS) is 17.6. The average Bonchev–Trinajstić information content (AvgIpc) is 3.47. The first kappa shape index (κ1) is 24.7. The molecule has 2 aromatic rings. The van der Waals surface area contributed by atoms with E-state index in [2.05, 4.69) is 20.5 Å². The Morgan fingerprint density at radius 2 is 1.29 bits per heavy atom. The third-order valence-corrected chi connectivity index (χ3v) is 7.47. The van der Waals surface area contributed by atoms with Gasteiger partial charge in [-0.1, -0.05) is 12.8 Å². The molecule has 8 heteroatoms. The molecule has 0 atom stereocenters. The Morgan fingerprint density at radius 1 is 0.800 bits per heavy atom. The van der Waals surface area contributed by atoms with Gasteiger partial charge in [0.05, 0.1) is 18.3 Å². The second kappa shape index (κ2) is 10.9. The fourth-order valence-electron chi connectivity index (χ4n) is 5.33. The molecule has 0 spiro atoms. The van der Waals surface area contributed by atoms with E-state index in [0.29, 0.717) is 22.6 Å². The van der Waals surface area contributed by atoms with Gasteiger partial charge >= 0.3 is 5.97 Å². The van der Waals surface area contributed by atoms with Crippen molar-refractivity contribution in [2.24, 2.45) is 5.92 Å². The van der Waals surface area contributed by atoms with Gasteiger partial charge in [-0.05, 0) is 80.1 Å². The molecule has 186 valence electrons. The van der Waals surface area contributed by atoms with Gasteiger partial charge in [-0.2, -0.15) is 0 Å². The van der Waals surface area contributed by atoms with Crippen LogP contribution >= 0.6 is 0 Å². The Labute approximate surface area is 205 Å². The van der Waals surface area contributed by atoms with E-state index >= 15 is 0 Å². The van der Waals surface area contributed by atoms with Gasteiger partial charge in [0.1, 0.15) is 0 Å². The van der Waals surface area contributed by atoms with Crippen molar-refractivity contribution in [2.45, 2.75) is 44.1 Å². The monoisotopic (exact) mass is 479 g/mol. The van der Waals surface area contributed by atoms with Crippen LogP contribution in [0.3, 0.4) is 0 Å². The van der Waals surface area contributed by atoms with Gasteiger partial charge in [0.2, 0.25) is 0 Å². The summed E-state index contributed by atoms with van der Waals surface area (Å²) in [6, 6.07) is 13.4. The van der Waals surface area contributed by atoms with Crippen molar-refractivity contribution in [3.63, 3.8) is 0 Å². The number of hydrazine groups is 1. The Balaban J connectivity index is 1.29. The molecule has 0 aromatic heterocycles. The molecule has 0 bridgehead atoms. The molecular formula is C27H33N3O5. The highest BCUT2D eigenvalue weighted by Crippen LogP contribution is 2.43. The Kier molecular flexibility index (Phi) is 7.70. The maximum Gasteiger partial charge on any atom is 0.337 e. The van der Waals surface area contributed by atoms with Crippen molar-refractivity contribution in [2.75, 3.05) is 32.2 Å². The van der Waals surface area contributed by atoms with Crippen molar-refractivity contribution in [1.82, 2.24) is 10.9 Å². The van der Waals surface area contributed by atoms with Crippen LogP contribution in [0.25, 0.3) is 0 Å². The summed E-state index contributed by atoms with van der Waals surface area (Å²) in [4.78, 5) is 38.7. The average molecular weight is 480 g/mol. The molecule has 1 aliphatic carbocycles. The number of esters is 1. The number of methoxy groups -OCH3 is 2. The van der Waals surface area contributed by atoms with Crippen LogP contribution in [0.1, 0.15) is 69.6 Å². The van der Waals surface area contributed by atoms with Gasteiger partial charge in [-0.3, -0.25) is 20.4 Å². The largest absolute Gasteiger partial charge is 0.465 e. The molecule has 35 heavy (non-hydrogen) atoms. The molecule has 2 aromatic carbocycles. The Morgan fingerprint density at radius 3 is 1.77 bits per heavy atom. The summed E-state index contributed by atoms with van der Waals surface area (Å²) in [6.07, 6.45) is 7.20. The predicted octanol–water partition coefficient (Wildman–Crippen LogP) is 3.72. The summed E-state index contributed by atoms with van der Waals surface area (Å²) in [5, 5.41) is 0. The van der Waals surface area contributed by atoms with Gasteiger partial charge in [-0.25, -0.2) is 4.79 Å². The number of carbonyl (C=O) groups is 3. The highest BCUT2D eigenvalue weighted by atomic mass is 16.5. The molecule has 1 saturated heterocycles. The number of rotatable bonds is 6. The number of hydrogen-bond acceptors (Lipinski definition) is 6. The molecule has 1 aliphatic heterocycles. The number of piperidine rings is 1. The zero-order chi connectivity index (χ0) is 24.8. The lowest BCUT2D eigenvalue weighted by Gasteiger charge is -2.45. The number of benzene rings is 2. The van der Waals surface area contributed by atoms with Crippen LogP contribution in [0.5, 0.6) is 0 Å². The fraction of sp³-hybridized carbons (Fsp3) is 0.444. The quantitative estimate of drug-likeness (QED) is 0.484. The van der Waals surface area contributed by atoms with E-state index in [1.807, 2.05) is 19.2 Å². The maximum absolute atomic E-state index is 12.5. The van der Waals surface area contributed by atoms with E-state index < -0.39 is 17.8 Å². The topological polar surface area (TPSA) is 97.0 Å². The molecule has 4 rings (SSSR count). The van der Waals surface area contributed by atoms with Crippen LogP contribution in [-0.2, 0) is 9.47 Å². The predicted molar refractivity (Wildman–Crippen MR) is 132 cm³/mol. The number of carbonyl (C=O) groups excluding carboxylic acids is 3. The van der Waals surface area contributed by atoms with Crippen molar-refractivity contribution < 1.29 is 23.9 Å². The standard InChI is InChI=1S/C27H33N3O5/c1-34-26(33)21-9-7-19(8-10-21)24(31)28-29-25(32)20-11-13-23(14-12-20)30-17-15-27(35-2,16-18-30)22-5-3-4-6-22/h7-14,22H,3-6,15-18H2,1-2H3,(H,28,31)(H,29,32). The first-order valence-electron chi connectivity index (χ1n) is 12.1. The highest BCUT2D eigenvalue weighted by Gasteiger charge is 2.42. The summed E-state index contributed by atoms with van der Waals surface area (Å²) in [5.41, 5.74) is 7.01. The van der Waals surface area contributed by atoms with Gasteiger partial charge in [0.15, 0.2) is 0 Å². The molecule has 0 unspecified atom stereocenters. The van der Waals surface area contributed by atoms with E-state index in [9.17, 15) is 14.4 Å². The maximum atomic E-state index is 12.5. The van der Waals surface area contributed by atoms with Crippen LogP contribution in [0.15, 0.2) is 48.5 Å². The zero-order valence-corrected chi connectivity index (χ0v) is 20.3. The minimum atomic E-state index is -0.483. The van der Waals surface area contributed by atoms with Crippen LogP contribution in [-0.4, -0.2) is 50.7 Å². The second-order valence-electron chi connectivity index (χ2n) is 9.26. The lowest BCUT2D eigenvalue weighted by Crippen LogP contribution is -2.49. The Hall–Kier alpha value is -3.39. The summed E-state index contributed by atoms with van der Waals surface area (Å²) in [5.74, 6) is -0.704. The van der Waals surface area contributed by atoms with Crippen molar-refractivity contribution in [1.29, 1.82) is 0 Å². The van der Waals surface area contributed by atoms with E-state index in [0.717, 1.165) is 31.6 Å². The molecule has 8 nitrogen and oxygen atoms in total. The van der Waals surface area contributed by atoms with E-state index in [1.54, 1.807) is 12.1 Å². The number of anilines is 1. The third kappa shape index (κ3) is 5.48. The first-order chi connectivity index (χ1) is 17.0. The third-order valence-electron chi connectivity index (χ3n) is 7.47. The molecule has 2 N–H and O–H groups in total. The summed E-state index contributed by atoms with van der Waals surface area (Å²) < 4.78 is 10.7. The Bertz CT molecular complexity index is 1040. The van der Waals surface area contributed by atoms with Crippen molar-refractivity contribution >= 4 is 23.5 Å². The lowest BCUT2D eigenvalue weighted by molar-refractivity contribution is -0.0737. The van der Waals surface area contributed by atoms with Crippen LogP contribution in [0.4, 0.5) is 5.69 Å². The van der Waals surface area contributed by atoms with E-state index in [1.165, 1.54) is 57.1 Å². The molecule has 1 saturated carbocycles. The number of hydrogen-bond donors (Lipinski definition) is 2. The van der Waals surface area contributed by atoms with Gasteiger partial charge in [0.25, 0.3) is 11.8 Å². The van der Waals surface area contributed by atoms with Crippen molar-refractivity contribution in [3.05, 3.63) is 65.2 Å². The summed E-state index contributed by atoms with van der Waals surface area (Å²) >= 11 is 0. The minimum Gasteiger partial charge on any atom is -0.465 e. The van der Waals surface area contributed by atoms with Gasteiger partial charge in [0, 0.05) is 37.0 Å².